The summed E-state index contributed by atoms with van der Waals surface area (Å²) in [6.45, 7) is 3.35. The third kappa shape index (κ3) is 3.93. The Hall–Kier alpha value is -2.12. The predicted molar refractivity (Wildman–Crippen MR) is 82.9 cm³/mol. The van der Waals surface area contributed by atoms with E-state index in [1.807, 2.05) is 24.4 Å². The molecule has 2 rings (SSSR count). The molecule has 1 aromatic carbocycles. The van der Waals surface area contributed by atoms with Gasteiger partial charge in [-0.25, -0.2) is 4.98 Å². The molecule has 1 heterocycles. The summed E-state index contributed by atoms with van der Waals surface area (Å²) in [4.78, 5) is 4.39. The van der Waals surface area contributed by atoms with Gasteiger partial charge in [0, 0.05) is 24.2 Å². The van der Waals surface area contributed by atoms with E-state index in [1.165, 1.54) is 0 Å². The van der Waals surface area contributed by atoms with Crippen molar-refractivity contribution in [2.45, 2.75) is 20.0 Å². The molecule has 0 aliphatic carbocycles. The number of oxime groups is 1. The van der Waals surface area contributed by atoms with Crippen LogP contribution in [0.2, 0.25) is 0 Å². The van der Waals surface area contributed by atoms with Crippen molar-refractivity contribution >= 4 is 17.2 Å². The Morgan fingerprint density at radius 1 is 1.48 bits per heavy atom. The first-order chi connectivity index (χ1) is 10.1. The molecule has 0 aliphatic rings. The number of amidine groups is 1. The van der Waals surface area contributed by atoms with E-state index in [1.54, 1.807) is 24.5 Å². The quantitative estimate of drug-likeness (QED) is 0.328. The van der Waals surface area contributed by atoms with Gasteiger partial charge >= 0.3 is 0 Å². The summed E-state index contributed by atoms with van der Waals surface area (Å²) >= 11 is 1.64. The van der Waals surface area contributed by atoms with Gasteiger partial charge in [0.15, 0.2) is 5.84 Å². The van der Waals surface area contributed by atoms with Gasteiger partial charge in [0.05, 0.1) is 12.7 Å². The van der Waals surface area contributed by atoms with Crippen LogP contribution in [0, 0.1) is 6.92 Å². The second-order valence-electron chi connectivity index (χ2n) is 4.51. The smallest absolute Gasteiger partial charge is 0.173 e. The van der Waals surface area contributed by atoms with E-state index in [0.717, 1.165) is 16.3 Å². The highest BCUT2D eigenvalue weighted by Gasteiger charge is 2.09. The minimum Gasteiger partial charge on any atom is -0.496 e. The number of benzene rings is 1. The minimum absolute atomic E-state index is 0.0317. The van der Waals surface area contributed by atoms with Gasteiger partial charge in [-0.3, -0.25) is 0 Å². The number of thiazole rings is 1. The molecule has 0 atom stereocenters. The van der Waals surface area contributed by atoms with Crippen LogP contribution in [0.25, 0.3) is 0 Å². The van der Waals surface area contributed by atoms with Crippen molar-refractivity contribution in [1.82, 2.24) is 10.3 Å². The predicted octanol–water partition coefficient (Wildman–Crippen LogP) is 1.84. The first-order valence-electron chi connectivity index (χ1n) is 6.40. The van der Waals surface area contributed by atoms with Crippen molar-refractivity contribution in [2.75, 3.05) is 7.11 Å². The van der Waals surface area contributed by atoms with E-state index < -0.39 is 0 Å². The van der Waals surface area contributed by atoms with Crippen LogP contribution in [0.5, 0.6) is 5.75 Å². The summed E-state index contributed by atoms with van der Waals surface area (Å²) in [5.74, 6) is 0.605. The molecule has 1 aromatic heterocycles. The molecule has 6 nitrogen and oxygen atoms in total. The summed E-state index contributed by atoms with van der Waals surface area (Å²) in [6.07, 6.45) is 0. The molecule has 0 radical (unpaired) electrons. The molecule has 4 N–H and O–H groups in total. The zero-order valence-corrected chi connectivity index (χ0v) is 12.8. The van der Waals surface area contributed by atoms with Gasteiger partial charge in [-0.15, -0.1) is 11.3 Å². The van der Waals surface area contributed by atoms with Crippen molar-refractivity contribution in [3.8, 4) is 5.75 Å². The van der Waals surface area contributed by atoms with Gasteiger partial charge in [0.25, 0.3) is 0 Å². The zero-order chi connectivity index (χ0) is 15.2. The average Bonchev–Trinajstić information content (AvgIpc) is 2.91. The van der Waals surface area contributed by atoms with Gasteiger partial charge in [-0.2, -0.15) is 0 Å². The van der Waals surface area contributed by atoms with E-state index in [0.29, 0.717) is 24.4 Å². The first-order valence-corrected chi connectivity index (χ1v) is 7.28. The lowest BCUT2D eigenvalue weighted by Crippen LogP contribution is -2.17. The number of aryl methyl sites for hydroxylation is 1. The van der Waals surface area contributed by atoms with E-state index in [9.17, 15) is 0 Å². The normalized spacial score (nSPS) is 11.6. The Morgan fingerprint density at radius 2 is 2.29 bits per heavy atom. The van der Waals surface area contributed by atoms with E-state index >= 15 is 0 Å². The van der Waals surface area contributed by atoms with Crippen LogP contribution in [0.3, 0.4) is 0 Å². The van der Waals surface area contributed by atoms with Crippen molar-refractivity contribution in [2.24, 2.45) is 10.9 Å². The number of nitrogens with two attached hydrogens (primary N) is 1. The number of hydrogen-bond donors (Lipinski definition) is 3. The van der Waals surface area contributed by atoms with Crippen molar-refractivity contribution in [1.29, 1.82) is 0 Å². The van der Waals surface area contributed by atoms with E-state index in [2.05, 4.69) is 15.5 Å². The number of hydrogen-bond acceptors (Lipinski definition) is 6. The van der Waals surface area contributed by atoms with Gasteiger partial charge in [0.2, 0.25) is 0 Å². The SMILES string of the molecule is COc1ccc(CNCc2nc(C)cs2)cc1C(N)=NO. The number of methoxy groups -OCH3 is 1. The number of aromatic nitrogens is 1. The molecule has 0 spiro atoms. The molecule has 0 saturated heterocycles. The lowest BCUT2D eigenvalue weighted by molar-refractivity contribution is 0.318. The van der Waals surface area contributed by atoms with E-state index in [4.69, 9.17) is 15.7 Å². The maximum Gasteiger partial charge on any atom is 0.173 e. The summed E-state index contributed by atoms with van der Waals surface area (Å²) < 4.78 is 5.20. The van der Waals surface area contributed by atoms with Gasteiger partial charge in [0.1, 0.15) is 10.8 Å². The maximum absolute atomic E-state index is 8.81. The molecular weight excluding hydrogens is 288 g/mol. The van der Waals surface area contributed by atoms with Crippen LogP contribution in [-0.4, -0.2) is 23.1 Å². The summed E-state index contributed by atoms with van der Waals surface area (Å²) in [5, 5.41) is 18.2. The van der Waals surface area contributed by atoms with Crippen LogP contribution in [0.1, 0.15) is 21.8 Å². The molecule has 0 aliphatic heterocycles. The largest absolute Gasteiger partial charge is 0.496 e. The molecule has 0 amide bonds. The summed E-state index contributed by atoms with van der Waals surface area (Å²) in [6, 6.07) is 5.58. The summed E-state index contributed by atoms with van der Waals surface area (Å²) in [7, 11) is 1.55. The minimum atomic E-state index is 0.0317. The highest BCUT2D eigenvalue weighted by atomic mass is 32.1. The average molecular weight is 306 g/mol. The second-order valence-corrected chi connectivity index (χ2v) is 5.45. The Balaban J connectivity index is 2.03. The Morgan fingerprint density at radius 3 is 2.90 bits per heavy atom. The van der Waals surface area contributed by atoms with E-state index in [-0.39, 0.29) is 5.84 Å². The van der Waals surface area contributed by atoms with Crippen LogP contribution in [0.4, 0.5) is 0 Å². The number of nitrogens with one attached hydrogen (secondary N) is 1. The molecule has 21 heavy (non-hydrogen) atoms. The van der Waals surface area contributed by atoms with Crippen LogP contribution >= 0.6 is 11.3 Å². The van der Waals surface area contributed by atoms with Crippen LogP contribution < -0.4 is 15.8 Å². The lowest BCUT2D eigenvalue weighted by Gasteiger charge is -2.10. The second kappa shape index (κ2) is 7.05. The molecule has 2 aromatic rings. The summed E-state index contributed by atoms with van der Waals surface area (Å²) in [5.41, 5.74) is 8.28. The maximum atomic E-state index is 8.81. The molecule has 112 valence electrons. The molecule has 0 saturated carbocycles. The standard InChI is InChI=1S/C14H18N4O2S/c1-9-8-21-13(17-9)7-16-6-10-3-4-12(20-2)11(5-10)14(15)18-19/h3-5,8,16,19H,6-7H2,1-2H3,(H2,15,18). The van der Waals surface area contributed by atoms with Crippen molar-refractivity contribution in [3.63, 3.8) is 0 Å². The highest BCUT2D eigenvalue weighted by molar-refractivity contribution is 7.09. The topological polar surface area (TPSA) is 92.8 Å². The van der Waals surface area contributed by atoms with Crippen molar-refractivity contribution < 1.29 is 9.94 Å². The molecule has 0 unspecified atom stereocenters. The number of ether oxygens (including phenoxy) is 1. The Bertz CT molecular complexity index is 640. The number of nitrogens with zero attached hydrogens (tertiary/aromatic N) is 2. The van der Waals surface area contributed by atoms with Crippen LogP contribution in [-0.2, 0) is 13.1 Å². The monoisotopic (exact) mass is 306 g/mol. The fourth-order valence-electron chi connectivity index (χ4n) is 1.92. The fraction of sp³-hybridized carbons (Fsp3) is 0.286. The van der Waals surface area contributed by atoms with Gasteiger partial charge in [-0.05, 0) is 24.6 Å². The van der Waals surface area contributed by atoms with Crippen molar-refractivity contribution in [3.05, 3.63) is 45.4 Å². The molecule has 0 fully saturated rings. The van der Waals surface area contributed by atoms with Gasteiger partial charge in [-0.1, -0.05) is 11.2 Å². The Kier molecular flexibility index (Phi) is 5.13. The highest BCUT2D eigenvalue weighted by Crippen LogP contribution is 2.19. The van der Waals surface area contributed by atoms with Gasteiger partial charge < -0.3 is 21.0 Å². The molecular formula is C14H18N4O2S. The van der Waals surface area contributed by atoms with Crippen LogP contribution in [0.15, 0.2) is 28.7 Å². The molecule has 0 bridgehead atoms. The molecule has 7 heteroatoms. The number of rotatable bonds is 6. The third-order valence-electron chi connectivity index (χ3n) is 2.92. The lowest BCUT2D eigenvalue weighted by atomic mass is 10.1. The fourth-order valence-corrected chi connectivity index (χ4v) is 2.66. The first kappa shape index (κ1) is 15.3. The zero-order valence-electron chi connectivity index (χ0n) is 12.0. The third-order valence-corrected chi connectivity index (χ3v) is 3.89. The Labute approximate surface area is 127 Å².